The van der Waals surface area contributed by atoms with Crippen LogP contribution in [-0.2, 0) is 17.6 Å². The van der Waals surface area contributed by atoms with Crippen LogP contribution >= 0.6 is 0 Å². The summed E-state index contributed by atoms with van der Waals surface area (Å²) in [7, 11) is 0. The first-order valence-corrected chi connectivity index (χ1v) is 11.1. The van der Waals surface area contributed by atoms with E-state index in [9.17, 15) is 9.18 Å². The van der Waals surface area contributed by atoms with Gasteiger partial charge in [0.15, 0.2) is 5.78 Å². The number of aryl methyl sites for hydroxylation is 1. The van der Waals surface area contributed by atoms with Crippen LogP contribution < -0.4 is 0 Å². The lowest BCUT2D eigenvalue weighted by atomic mass is 9.79. The molecule has 5 rings (SSSR count). The molecule has 0 saturated heterocycles. The third-order valence-electron chi connectivity index (χ3n) is 6.33. The Balaban J connectivity index is 1.38. The van der Waals surface area contributed by atoms with Gasteiger partial charge < -0.3 is 4.74 Å². The zero-order chi connectivity index (χ0) is 22.3. The zero-order valence-electron chi connectivity index (χ0n) is 18.4. The van der Waals surface area contributed by atoms with Gasteiger partial charge in [0.1, 0.15) is 12.4 Å². The fraction of sp³-hybridized carbons (Fsp3) is 0.286. The van der Waals surface area contributed by atoms with Crippen molar-refractivity contribution >= 4 is 11.7 Å². The molecule has 0 amide bonds. The van der Waals surface area contributed by atoms with E-state index in [1.807, 2.05) is 56.3 Å². The van der Waals surface area contributed by atoms with Gasteiger partial charge in [-0.05, 0) is 67.5 Å². The van der Waals surface area contributed by atoms with Crippen LogP contribution in [0.2, 0.25) is 0 Å². The lowest BCUT2D eigenvalue weighted by molar-refractivity contribution is 0.0901. The second kappa shape index (κ2) is 8.01. The highest BCUT2D eigenvalue weighted by atomic mass is 19.1. The molecule has 1 heterocycles. The van der Waals surface area contributed by atoms with Gasteiger partial charge in [0.05, 0.1) is 11.1 Å². The Kier molecular flexibility index (Phi) is 5.16. The lowest BCUT2D eigenvalue weighted by Gasteiger charge is -2.24. The minimum atomic E-state index is -0.351. The van der Waals surface area contributed by atoms with Gasteiger partial charge in [0, 0.05) is 11.5 Å². The number of hydrogen-bond donors (Lipinski definition) is 0. The molecule has 2 aliphatic rings. The fourth-order valence-corrected chi connectivity index (χ4v) is 4.59. The number of carbonyl (C=O) groups excluding carboxylic acids is 1. The topological polar surface area (TPSA) is 38.7 Å². The number of nitrogens with zero attached hydrogens (tertiary/aromatic N) is 1. The quantitative estimate of drug-likeness (QED) is 0.509. The number of ketones is 1. The molecular weight excluding hydrogens is 401 g/mol. The number of ether oxygens (including phenoxy) is 1. The fourth-order valence-electron chi connectivity index (χ4n) is 4.59. The van der Waals surface area contributed by atoms with Crippen LogP contribution in [0.25, 0.3) is 11.1 Å². The first-order chi connectivity index (χ1) is 15.4. The molecule has 0 radical (unpaired) electrons. The number of Topliss-reactive ketones (excluding diaryl/α,β-unsaturated/α-hetero) is 1. The number of hydrogen-bond acceptors (Lipinski definition) is 3. The number of benzene rings is 3. The zero-order valence-corrected chi connectivity index (χ0v) is 18.4. The van der Waals surface area contributed by atoms with Crippen molar-refractivity contribution in [3.8, 4) is 11.1 Å². The summed E-state index contributed by atoms with van der Waals surface area (Å²) in [6, 6.07) is 21.2. The first-order valence-electron chi connectivity index (χ1n) is 11.1. The highest BCUT2D eigenvalue weighted by Gasteiger charge is 2.29. The standard InChI is InChI=1S/C28H26FNO2/c1-28(2)17-32-27(30-28)24-13-11-20(16-25(24)29)19-10-12-23-21(15-19)8-9-22(26(23)31)14-18-6-4-3-5-7-18/h3-7,10-13,15-16,22H,8-9,14,17H2,1-2H3. The number of halogens is 1. The summed E-state index contributed by atoms with van der Waals surface area (Å²) in [5, 5.41) is 0. The summed E-state index contributed by atoms with van der Waals surface area (Å²) in [5.41, 5.74) is 4.80. The monoisotopic (exact) mass is 427 g/mol. The Labute approximate surface area is 188 Å². The van der Waals surface area contributed by atoms with Crippen molar-refractivity contribution in [3.05, 3.63) is 94.8 Å². The second-order valence-corrected chi connectivity index (χ2v) is 9.37. The molecule has 0 aromatic heterocycles. The smallest absolute Gasteiger partial charge is 0.219 e. The van der Waals surface area contributed by atoms with Gasteiger partial charge in [-0.25, -0.2) is 9.38 Å². The van der Waals surface area contributed by atoms with Crippen molar-refractivity contribution in [3.63, 3.8) is 0 Å². The maximum absolute atomic E-state index is 14.9. The Morgan fingerprint density at radius 2 is 1.72 bits per heavy atom. The summed E-state index contributed by atoms with van der Waals surface area (Å²) in [6.45, 7) is 4.38. The molecule has 0 N–H and O–H groups in total. The Morgan fingerprint density at radius 3 is 2.41 bits per heavy atom. The van der Waals surface area contributed by atoms with Crippen LogP contribution in [0.1, 0.15) is 47.3 Å². The average Bonchev–Trinajstić information content (AvgIpc) is 3.15. The van der Waals surface area contributed by atoms with Gasteiger partial charge in [-0.2, -0.15) is 0 Å². The van der Waals surface area contributed by atoms with Gasteiger partial charge in [-0.15, -0.1) is 0 Å². The van der Waals surface area contributed by atoms with E-state index < -0.39 is 0 Å². The van der Waals surface area contributed by atoms with Crippen LogP contribution in [0, 0.1) is 11.7 Å². The largest absolute Gasteiger partial charge is 0.475 e. The molecule has 0 bridgehead atoms. The third-order valence-corrected chi connectivity index (χ3v) is 6.33. The normalized spacial score (nSPS) is 19.3. The summed E-state index contributed by atoms with van der Waals surface area (Å²) < 4.78 is 20.5. The summed E-state index contributed by atoms with van der Waals surface area (Å²) in [5.74, 6) is 0.237. The lowest BCUT2D eigenvalue weighted by Crippen LogP contribution is -2.24. The van der Waals surface area contributed by atoms with E-state index in [2.05, 4.69) is 17.1 Å². The third kappa shape index (κ3) is 3.97. The van der Waals surface area contributed by atoms with Crippen molar-refractivity contribution in [1.29, 1.82) is 0 Å². The molecule has 3 aromatic rings. The van der Waals surface area contributed by atoms with Crippen LogP contribution in [0.5, 0.6) is 0 Å². The van der Waals surface area contributed by atoms with Crippen LogP contribution in [0.15, 0.2) is 71.7 Å². The predicted molar refractivity (Wildman–Crippen MR) is 125 cm³/mol. The molecule has 1 unspecified atom stereocenters. The number of aliphatic imine (C=N–C) groups is 1. The highest BCUT2D eigenvalue weighted by Crippen LogP contribution is 2.32. The molecule has 0 saturated carbocycles. The van der Waals surface area contributed by atoms with E-state index in [1.165, 1.54) is 11.6 Å². The van der Waals surface area contributed by atoms with Crippen molar-refractivity contribution in [2.45, 2.75) is 38.6 Å². The molecule has 1 aliphatic carbocycles. The predicted octanol–water partition coefficient (Wildman–Crippen LogP) is 6.04. The molecule has 162 valence electrons. The van der Waals surface area contributed by atoms with Crippen molar-refractivity contribution in [2.75, 3.05) is 6.61 Å². The molecule has 4 heteroatoms. The summed E-state index contributed by atoms with van der Waals surface area (Å²) in [4.78, 5) is 17.6. The number of fused-ring (bicyclic) bond motifs is 1. The van der Waals surface area contributed by atoms with Crippen LogP contribution in [0.3, 0.4) is 0 Å². The van der Waals surface area contributed by atoms with E-state index in [4.69, 9.17) is 4.74 Å². The van der Waals surface area contributed by atoms with E-state index in [0.717, 1.165) is 41.5 Å². The van der Waals surface area contributed by atoms with Crippen molar-refractivity contribution < 1.29 is 13.9 Å². The van der Waals surface area contributed by atoms with Gasteiger partial charge in [-0.3, -0.25) is 4.79 Å². The van der Waals surface area contributed by atoms with Crippen LogP contribution in [0.4, 0.5) is 4.39 Å². The minimum absolute atomic E-state index is 0.0175. The Morgan fingerprint density at radius 1 is 1.00 bits per heavy atom. The van der Waals surface area contributed by atoms with E-state index >= 15 is 0 Å². The molecule has 3 nitrogen and oxygen atoms in total. The molecule has 1 atom stereocenters. The average molecular weight is 428 g/mol. The Bertz CT molecular complexity index is 1210. The maximum Gasteiger partial charge on any atom is 0.219 e. The van der Waals surface area contributed by atoms with E-state index in [0.29, 0.717) is 18.1 Å². The highest BCUT2D eigenvalue weighted by molar-refractivity contribution is 6.01. The van der Waals surface area contributed by atoms with Gasteiger partial charge >= 0.3 is 0 Å². The maximum atomic E-state index is 14.9. The van der Waals surface area contributed by atoms with E-state index in [-0.39, 0.29) is 23.1 Å². The summed E-state index contributed by atoms with van der Waals surface area (Å²) in [6.07, 6.45) is 2.47. The van der Waals surface area contributed by atoms with Crippen molar-refractivity contribution in [2.24, 2.45) is 10.9 Å². The minimum Gasteiger partial charge on any atom is -0.475 e. The molecule has 32 heavy (non-hydrogen) atoms. The van der Waals surface area contributed by atoms with Crippen molar-refractivity contribution in [1.82, 2.24) is 0 Å². The first kappa shape index (κ1) is 20.6. The molecule has 3 aromatic carbocycles. The number of carbonyl (C=O) groups is 1. The van der Waals surface area contributed by atoms with Gasteiger partial charge in [0.2, 0.25) is 5.90 Å². The SMILES string of the molecule is CC1(C)COC(c2ccc(-c3ccc4c(c3)CCC(Cc3ccccc3)C4=O)cc2F)=N1. The Hall–Kier alpha value is -3.27. The van der Waals surface area contributed by atoms with Gasteiger partial charge in [-0.1, -0.05) is 54.6 Å². The van der Waals surface area contributed by atoms with E-state index in [1.54, 1.807) is 6.07 Å². The molecule has 0 spiro atoms. The second-order valence-electron chi connectivity index (χ2n) is 9.37. The molecule has 0 fully saturated rings. The molecular formula is C28H26FNO2. The summed E-state index contributed by atoms with van der Waals surface area (Å²) >= 11 is 0. The van der Waals surface area contributed by atoms with Crippen LogP contribution in [-0.4, -0.2) is 23.8 Å². The van der Waals surface area contributed by atoms with Gasteiger partial charge in [0.25, 0.3) is 0 Å². The number of rotatable bonds is 4. The molecule has 1 aliphatic heterocycles.